The van der Waals surface area contributed by atoms with E-state index < -0.39 is 6.10 Å². The second-order valence-electron chi connectivity index (χ2n) is 4.64. The molecule has 3 heteroatoms. The van der Waals surface area contributed by atoms with E-state index in [4.69, 9.17) is 5.73 Å². The van der Waals surface area contributed by atoms with Crippen LogP contribution in [0, 0.1) is 0 Å². The van der Waals surface area contributed by atoms with E-state index in [1.54, 1.807) is 6.20 Å². The number of nitrogens with zero attached hydrogens (tertiary/aromatic N) is 1. The first-order valence-electron chi connectivity index (χ1n) is 6.64. The summed E-state index contributed by atoms with van der Waals surface area (Å²) in [6.07, 6.45) is 2.10. The van der Waals surface area contributed by atoms with Crippen LogP contribution in [0.3, 0.4) is 0 Å². The highest BCUT2D eigenvalue weighted by Gasteiger charge is 2.22. The van der Waals surface area contributed by atoms with Gasteiger partial charge in [0.25, 0.3) is 0 Å². The molecule has 19 heavy (non-hydrogen) atoms. The predicted molar refractivity (Wildman–Crippen MR) is 76.8 cm³/mol. The zero-order chi connectivity index (χ0) is 13.7. The number of benzene rings is 1. The zero-order valence-corrected chi connectivity index (χ0v) is 11.2. The third-order valence-corrected chi connectivity index (χ3v) is 3.43. The molecule has 1 aromatic carbocycles. The molecule has 1 heterocycles. The van der Waals surface area contributed by atoms with Crippen LogP contribution in [-0.2, 0) is 6.42 Å². The topological polar surface area (TPSA) is 59.1 Å². The minimum absolute atomic E-state index is 0.173. The van der Waals surface area contributed by atoms with Gasteiger partial charge in [-0.1, -0.05) is 37.3 Å². The van der Waals surface area contributed by atoms with Crippen molar-refractivity contribution in [3.8, 4) is 0 Å². The average molecular weight is 256 g/mol. The van der Waals surface area contributed by atoms with Crippen molar-refractivity contribution in [1.29, 1.82) is 0 Å². The summed E-state index contributed by atoms with van der Waals surface area (Å²) in [7, 11) is 0. The van der Waals surface area contributed by atoms with Gasteiger partial charge in [-0.05, 0) is 29.7 Å². The van der Waals surface area contributed by atoms with Crippen LogP contribution in [0.25, 0.3) is 0 Å². The van der Waals surface area contributed by atoms with Gasteiger partial charge >= 0.3 is 0 Å². The Morgan fingerprint density at radius 1 is 1.16 bits per heavy atom. The quantitative estimate of drug-likeness (QED) is 0.863. The third-order valence-electron chi connectivity index (χ3n) is 3.43. The summed E-state index contributed by atoms with van der Waals surface area (Å²) in [5.41, 5.74) is 8.78. The van der Waals surface area contributed by atoms with Gasteiger partial charge in [-0.15, -0.1) is 0 Å². The van der Waals surface area contributed by atoms with Crippen LogP contribution < -0.4 is 5.73 Å². The lowest BCUT2D eigenvalue weighted by molar-refractivity contribution is 0.145. The van der Waals surface area contributed by atoms with E-state index in [0.29, 0.717) is 6.54 Å². The molecule has 3 nitrogen and oxygen atoms in total. The largest absolute Gasteiger partial charge is 0.388 e. The number of aryl methyl sites for hydroxylation is 1. The number of pyridine rings is 1. The molecule has 3 N–H and O–H groups in total. The fourth-order valence-electron chi connectivity index (χ4n) is 2.19. The van der Waals surface area contributed by atoms with Gasteiger partial charge in [-0.3, -0.25) is 4.98 Å². The maximum atomic E-state index is 10.5. The van der Waals surface area contributed by atoms with Crippen LogP contribution in [0.15, 0.2) is 48.7 Å². The van der Waals surface area contributed by atoms with Crippen molar-refractivity contribution in [3.63, 3.8) is 0 Å². The number of rotatable bonds is 5. The van der Waals surface area contributed by atoms with Crippen LogP contribution in [0.4, 0.5) is 0 Å². The summed E-state index contributed by atoms with van der Waals surface area (Å²) in [5.74, 6) is -0.173. The Kier molecular flexibility index (Phi) is 4.66. The molecule has 100 valence electrons. The Morgan fingerprint density at radius 3 is 2.42 bits per heavy atom. The highest BCUT2D eigenvalue weighted by Crippen LogP contribution is 2.29. The van der Waals surface area contributed by atoms with E-state index in [0.717, 1.165) is 17.7 Å². The smallest absolute Gasteiger partial charge is 0.0885 e. The van der Waals surface area contributed by atoms with Crippen molar-refractivity contribution in [1.82, 2.24) is 4.98 Å². The van der Waals surface area contributed by atoms with Crippen molar-refractivity contribution >= 4 is 0 Å². The number of hydrogen-bond acceptors (Lipinski definition) is 3. The van der Waals surface area contributed by atoms with Crippen molar-refractivity contribution in [2.75, 3.05) is 6.54 Å². The first-order chi connectivity index (χ1) is 9.26. The van der Waals surface area contributed by atoms with E-state index in [9.17, 15) is 5.11 Å². The number of aromatic nitrogens is 1. The predicted octanol–water partition coefficient (Wildman–Crippen LogP) is 2.42. The zero-order valence-electron chi connectivity index (χ0n) is 11.2. The van der Waals surface area contributed by atoms with Gasteiger partial charge in [-0.25, -0.2) is 0 Å². The van der Waals surface area contributed by atoms with E-state index in [1.165, 1.54) is 5.56 Å². The van der Waals surface area contributed by atoms with Crippen LogP contribution in [0.2, 0.25) is 0 Å². The second kappa shape index (κ2) is 6.45. The summed E-state index contributed by atoms with van der Waals surface area (Å²) >= 11 is 0. The minimum Gasteiger partial charge on any atom is -0.388 e. The normalized spacial score (nSPS) is 14.1. The highest BCUT2D eigenvalue weighted by atomic mass is 16.3. The number of aliphatic hydroxyl groups excluding tert-OH is 1. The molecule has 0 radical (unpaired) electrons. The summed E-state index contributed by atoms with van der Waals surface area (Å²) in [5, 5.41) is 10.5. The average Bonchev–Trinajstić information content (AvgIpc) is 2.49. The van der Waals surface area contributed by atoms with Gasteiger partial charge in [0.2, 0.25) is 0 Å². The van der Waals surface area contributed by atoms with E-state index >= 15 is 0 Å². The van der Waals surface area contributed by atoms with E-state index in [1.807, 2.05) is 42.5 Å². The summed E-state index contributed by atoms with van der Waals surface area (Å²) in [4.78, 5) is 4.29. The molecule has 0 amide bonds. The van der Waals surface area contributed by atoms with Crippen LogP contribution in [-0.4, -0.2) is 16.6 Å². The van der Waals surface area contributed by atoms with Crippen molar-refractivity contribution in [2.24, 2.45) is 5.73 Å². The molecule has 0 aliphatic rings. The fourth-order valence-corrected chi connectivity index (χ4v) is 2.19. The molecule has 0 saturated carbocycles. The number of hydrogen-bond donors (Lipinski definition) is 2. The van der Waals surface area contributed by atoms with Gasteiger partial charge in [0.05, 0.1) is 6.10 Å². The molecule has 2 rings (SSSR count). The van der Waals surface area contributed by atoms with Gasteiger partial charge in [0, 0.05) is 24.4 Å². The molecule has 2 aromatic rings. The molecule has 0 aliphatic heterocycles. The standard InChI is InChI=1S/C16H20N2O/c1-2-12-6-8-13(9-7-12)16(19)14(11-17)15-5-3-4-10-18-15/h3-10,14,16,19H,2,11,17H2,1H3. The summed E-state index contributed by atoms with van der Waals surface area (Å²) < 4.78 is 0. The molecule has 2 atom stereocenters. The monoisotopic (exact) mass is 256 g/mol. The summed E-state index contributed by atoms with van der Waals surface area (Å²) in [6, 6.07) is 13.7. The first-order valence-corrected chi connectivity index (χ1v) is 6.64. The minimum atomic E-state index is -0.620. The molecule has 0 aliphatic carbocycles. The Labute approximate surface area is 114 Å². The maximum absolute atomic E-state index is 10.5. The number of nitrogens with two attached hydrogens (primary N) is 1. The maximum Gasteiger partial charge on any atom is 0.0885 e. The van der Waals surface area contributed by atoms with E-state index in [-0.39, 0.29) is 5.92 Å². The van der Waals surface area contributed by atoms with Gasteiger partial charge in [0.15, 0.2) is 0 Å². The lowest BCUT2D eigenvalue weighted by Crippen LogP contribution is -2.21. The van der Waals surface area contributed by atoms with Gasteiger partial charge in [-0.2, -0.15) is 0 Å². The van der Waals surface area contributed by atoms with Crippen LogP contribution in [0.5, 0.6) is 0 Å². The Hall–Kier alpha value is -1.71. The Balaban J connectivity index is 2.22. The van der Waals surface area contributed by atoms with E-state index in [2.05, 4.69) is 11.9 Å². The summed E-state index contributed by atoms with van der Waals surface area (Å²) in [6.45, 7) is 2.48. The highest BCUT2D eigenvalue weighted by molar-refractivity contribution is 5.27. The van der Waals surface area contributed by atoms with Crippen molar-refractivity contribution in [3.05, 3.63) is 65.5 Å². The van der Waals surface area contributed by atoms with Crippen molar-refractivity contribution in [2.45, 2.75) is 25.4 Å². The third kappa shape index (κ3) is 3.19. The van der Waals surface area contributed by atoms with Crippen LogP contribution in [0.1, 0.15) is 35.8 Å². The van der Waals surface area contributed by atoms with Crippen molar-refractivity contribution < 1.29 is 5.11 Å². The van der Waals surface area contributed by atoms with Gasteiger partial charge in [0.1, 0.15) is 0 Å². The second-order valence-corrected chi connectivity index (χ2v) is 4.64. The Morgan fingerprint density at radius 2 is 1.89 bits per heavy atom. The SMILES string of the molecule is CCc1ccc(C(O)C(CN)c2ccccn2)cc1. The molecular formula is C16H20N2O. The van der Waals surface area contributed by atoms with Gasteiger partial charge < -0.3 is 10.8 Å². The lowest BCUT2D eigenvalue weighted by atomic mass is 9.92. The number of aliphatic hydroxyl groups is 1. The first kappa shape index (κ1) is 13.7. The molecular weight excluding hydrogens is 236 g/mol. The molecule has 0 bridgehead atoms. The molecule has 0 spiro atoms. The fraction of sp³-hybridized carbons (Fsp3) is 0.312. The molecule has 1 aromatic heterocycles. The lowest BCUT2D eigenvalue weighted by Gasteiger charge is -2.21. The molecule has 0 saturated heterocycles. The molecule has 0 fully saturated rings. The van der Waals surface area contributed by atoms with Crippen LogP contribution >= 0.6 is 0 Å². The Bertz CT molecular complexity index is 496. The molecule has 2 unspecified atom stereocenters.